The van der Waals surface area contributed by atoms with Gasteiger partial charge in [0.25, 0.3) is 0 Å². The van der Waals surface area contributed by atoms with Gasteiger partial charge >= 0.3 is 0 Å². The molecule has 0 amide bonds. The van der Waals surface area contributed by atoms with E-state index in [1.165, 1.54) is 6.07 Å². The molecule has 1 heterocycles. The molecule has 1 atom stereocenters. The zero-order valence-electron chi connectivity index (χ0n) is 11.9. The molecule has 0 aliphatic carbocycles. The van der Waals surface area contributed by atoms with Gasteiger partial charge in [-0.15, -0.1) is 0 Å². The molecule has 1 aliphatic heterocycles. The van der Waals surface area contributed by atoms with Crippen LogP contribution in [0, 0.1) is 11.6 Å². The van der Waals surface area contributed by atoms with Crippen LogP contribution >= 0.6 is 0 Å². The number of halogens is 2. The Morgan fingerprint density at radius 3 is 2.42 bits per heavy atom. The largest absolute Gasteiger partial charge is 0.368 e. The summed E-state index contributed by atoms with van der Waals surface area (Å²) in [6, 6.07) is 4.18. The van der Waals surface area contributed by atoms with Gasteiger partial charge < -0.3 is 10.1 Å². The normalized spacial score (nSPS) is 24.6. The second-order valence-electron chi connectivity index (χ2n) is 6.35. The second kappa shape index (κ2) is 4.84. The van der Waals surface area contributed by atoms with Crippen LogP contribution in [0.5, 0.6) is 0 Å². The molecule has 2 nitrogen and oxygen atoms in total. The van der Waals surface area contributed by atoms with E-state index in [0.29, 0.717) is 6.54 Å². The number of nitrogens with one attached hydrogen (secondary N) is 1. The molecule has 0 aromatic heterocycles. The van der Waals surface area contributed by atoms with Gasteiger partial charge in [0.2, 0.25) is 0 Å². The molecule has 1 aromatic rings. The van der Waals surface area contributed by atoms with Crippen molar-refractivity contribution in [3.8, 4) is 0 Å². The van der Waals surface area contributed by atoms with Crippen molar-refractivity contribution in [2.24, 2.45) is 0 Å². The van der Waals surface area contributed by atoms with Gasteiger partial charge in [-0.2, -0.15) is 0 Å². The number of hydrogen-bond acceptors (Lipinski definition) is 2. The number of ether oxygens (including phenoxy) is 1. The van der Waals surface area contributed by atoms with Crippen LogP contribution in [-0.4, -0.2) is 17.2 Å². The van der Waals surface area contributed by atoms with Crippen molar-refractivity contribution < 1.29 is 13.5 Å². The first-order chi connectivity index (χ1) is 8.70. The molecule has 1 saturated heterocycles. The lowest BCUT2D eigenvalue weighted by atomic mass is 9.94. The third kappa shape index (κ3) is 3.31. The highest BCUT2D eigenvalue weighted by Gasteiger charge is 2.45. The average Bonchev–Trinajstić information content (AvgIpc) is 2.48. The van der Waals surface area contributed by atoms with Crippen LogP contribution in [0.2, 0.25) is 0 Å². The van der Waals surface area contributed by atoms with Gasteiger partial charge in [0.15, 0.2) is 11.6 Å². The number of hydrogen-bond donors (Lipinski definition) is 1. The first-order valence-electron chi connectivity index (χ1n) is 6.57. The van der Waals surface area contributed by atoms with Crippen LogP contribution in [0.4, 0.5) is 8.78 Å². The minimum absolute atomic E-state index is 0.158. The summed E-state index contributed by atoms with van der Waals surface area (Å²) in [6.07, 6.45) is 0.893. The van der Waals surface area contributed by atoms with E-state index in [1.807, 2.05) is 13.8 Å². The van der Waals surface area contributed by atoms with E-state index >= 15 is 0 Å². The van der Waals surface area contributed by atoms with E-state index in [-0.39, 0.29) is 17.2 Å². The third-order valence-corrected chi connectivity index (χ3v) is 3.61. The molecule has 1 N–H and O–H groups in total. The lowest BCUT2D eigenvalue weighted by molar-refractivity contribution is -0.0699. The number of rotatable bonds is 3. The lowest BCUT2D eigenvalue weighted by Crippen LogP contribution is -2.42. The molecular weight excluding hydrogens is 248 g/mol. The molecule has 0 spiro atoms. The smallest absolute Gasteiger partial charge is 0.159 e. The zero-order valence-corrected chi connectivity index (χ0v) is 11.9. The zero-order chi connectivity index (χ0) is 14.3. The summed E-state index contributed by atoms with van der Waals surface area (Å²) in [6.45, 7) is 8.72. The Hall–Kier alpha value is -1.00. The fourth-order valence-corrected chi connectivity index (χ4v) is 2.77. The van der Waals surface area contributed by atoms with Gasteiger partial charge in [0.1, 0.15) is 0 Å². The molecule has 1 unspecified atom stereocenters. The van der Waals surface area contributed by atoms with Crippen molar-refractivity contribution in [3.63, 3.8) is 0 Å². The highest BCUT2D eigenvalue weighted by Crippen LogP contribution is 2.37. The van der Waals surface area contributed by atoms with Crippen molar-refractivity contribution in [1.29, 1.82) is 0 Å². The van der Waals surface area contributed by atoms with E-state index in [2.05, 4.69) is 19.2 Å². The third-order valence-electron chi connectivity index (χ3n) is 3.61. The van der Waals surface area contributed by atoms with Crippen molar-refractivity contribution in [2.45, 2.75) is 57.9 Å². The van der Waals surface area contributed by atoms with E-state index in [1.54, 1.807) is 6.07 Å². The Morgan fingerprint density at radius 2 is 1.89 bits per heavy atom. The molecule has 0 saturated carbocycles. The quantitative estimate of drug-likeness (QED) is 0.908. The average molecular weight is 269 g/mol. The summed E-state index contributed by atoms with van der Waals surface area (Å²) >= 11 is 0. The van der Waals surface area contributed by atoms with Crippen LogP contribution in [0.15, 0.2) is 18.2 Å². The van der Waals surface area contributed by atoms with Gasteiger partial charge in [-0.05, 0) is 51.8 Å². The topological polar surface area (TPSA) is 21.3 Å². The van der Waals surface area contributed by atoms with Gasteiger partial charge in [-0.1, -0.05) is 6.07 Å². The van der Waals surface area contributed by atoms with Crippen molar-refractivity contribution in [1.82, 2.24) is 5.32 Å². The Bertz CT molecular complexity index is 471. The van der Waals surface area contributed by atoms with Gasteiger partial charge in [0.05, 0.1) is 11.2 Å². The van der Waals surface area contributed by atoms with Gasteiger partial charge in [-0.25, -0.2) is 8.78 Å². The predicted molar refractivity (Wildman–Crippen MR) is 70.8 cm³/mol. The minimum Gasteiger partial charge on any atom is -0.368 e. The van der Waals surface area contributed by atoms with Crippen LogP contribution in [0.3, 0.4) is 0 Å². The SMILES string of the molecule is CC1(C)CC(NCc2ccc(F)c(F)c2)C(C)(C)O1. The summed E-state index contributed by atoms with van der Waals surface area (Å²) in [5, 5.41) is 3.38. The van der Waals surface area contributed by atoms with Crippen LogP contribution in [0.1, 0.15) is 39.7 Å². The van der Waals surface area contributed by atoms with Crippen molar-refractivity contribution >= 4 is 0 Å². The summed E-state index contributed by atoms with van der Waals surface area (Å²) in [4.78, 5) is 0. The molecule has 0 radical (unpaired) electrons. The predicted octanol–water partition coefficient (Wildman–Crippen LogP) is 3.40. The molecule has 1 aliphatic rings. The van der Waals surface area contributed by atoms with E-state index < -0.39 is 11.6 Å². The Morgan fingerprint density at radius 1 is 1.21 bits per heavy atom. The van der Waals surface area contributed by atoms with Crippen molar-refractivity contribution in [2.75, 3.05) is 0 Å². The summed E-state index contributed by atoms with van der Waals surface area (Å²) in [5.74, 6) is -1.61. The summed E-state index contributed by atoms with van der Waals surface area (Å²) in [5.41, 5.74) is 0.316. The fourth-order valence-electron chi connectivity index (χ4n) is 2.77. The fraction of sp³-hybridized carbons (Fsp3) is 0.600. The molecule has 1 fully saturated rings. The van der Waals surface area contributed by atoms with Gasteiger partial charge in [0, 0.05) is 12.6 Å². The van der Waals surface area contributed by atoms with Crippen LogP contribution < -0.4 is 5.32 Å². The van der Waals surface area contributed by atoms with E-state index in [0.717, 1.165) is 18.1 Å². The molecular formula is C15H21F2NO. The molecule has 0 bridgehead atoms. The molecule has 106 valence electrons. The maximum Gasteiger partial charge on any atom is 0.159 e. The molecule has 1 aromatic carbocycles. The maximum absolute atomic E-state index is 13.1. The standard InChI is InChI=1S/C15H21F2NO/c1-14(2)8-13(15(3,4)19-14)18-9-10-5-6-11(16)12(17)7-10/h5-7,13,18H,8-9H2,1-4H3. The monoisotopic (exact) mass is 269 g/mol. The number of benzene rings is 1. The van der Waals surface area contributed by atoms with E-state index in [9.17, 15) is 8.78 Å². The molecule has 19 heavy (non-hydrogen) atoms. The van der Waals surface area contributed by atoms with Crippen LogP contribution in [0.25, 0.3) is 0 Å². The Labute approximate surface area is 113 Å². The molecule has 2 rings (SSSR count). The molecule has 4 heteroatoms. The van der Waals surface area contributed by atoms with Crippen LogP contribution in [-0.2, 0) is 11.3 Å². The first kappa shape index (κ1) is 14.4. The first-order valence-corrected chi connectivity index (χ1v) is 6.57. The highest BCUT2D eigenvalue weighted by molar-refractivity contribution is 5.18. The Kier molecular flexibility index (Phi) is 3.67. The second-order valence-corrected chi connectivity index (χ2v) is 6.35. The van der Waals surface area contributed by atoms with Crippen molar-refractivity contribution in [3.05, 3.63) is 35.4 Å². The maximum atomic E-state index is 13.1. The van der Waals surface area contributed by atoms with E-state index in [4.69, 9.17) is 4.74 Å². The lowest BCUT2D eigenvalue weighted by Gasteiger charge is -2.28. The van der Waals surface area contributed by atoms with Gasteiger partial charge in [-0.3, -0.25) is 0 Å². The summed E-state index contributed by atoms with van der Waals surface area (Å²) in [7, 11) is 0. The Balaban J connectivity index is 2.01. The minimum atomic E-state index is -0.811. The highest BCUT2D eigenvalue weighted by atomic mass is 19.2. The summed E-state index contributed by atoms with van der Waals surface area (Å²) < 4.78 is 32.0.